The van der Waals surface area contributed by atoms with E-state index in [1.807, 2.05) is 0 Å². The molecule has 182 valence electrons. The zero-order valence-corrected chi connectivity index (χ0v) is 20.3. The van der Waals surface area contributed by atoms with Crippen LogP contribution < -0.4 is 10.1 Å². The molecule has 1 aliphatic heterocycles. The summed E-state index contributed by atoms with van der Waals surface area (Å²) in [6.45, 7) is 5.06. The van der Waals surface area contributed by atoms with E-state index in [4.69, 9.17) is 14.2 Å². The molecule has 1 heterocycles. The van der Waals surface area contributed by atoms with Gasteiger partial charge < -0.3 is 24.4 Å². The van der Waals surface area contributed by atoms with Gasteiger partial charge in [-0.3, -0.25) is 9.00 Å². The van der Waals surface area contributed by atoms with Crippen molar-refractivity contribution in [3.05, 3.63) is 60.2 Å². The second-order valence-corrected chi connectivity index (χ2v) is 10.1. The molecule has 0 radical (unpaired) electrons. The van der Waals surface area contributed by atoms with Gasteiger partial charge in [0.2, 0.25) is 11.3 Å². The highest BCUT2D eigenvalue weighted by atomic mass is 32.2. The minimum atomic E-state index is -1.89. The van der Waals surface area contributed by atoms with E-state index < -0.39 is 45.8 Å². The van der Waals surface area contributed by atoms with Gasteiger partial charge in [0.05, 0.1) is 24.5 Å². The Hall–Kier alpha value is -3.40. The first-order valence-electron chi connectivity index (χ1n) is 10.6. The van der Waals surface area contributed by atoms with E-state index in [1.54, 1.807) is 82.5 Å². The van der Waals surface area contributed by atoms with Crippen LogP contribution in [0.25, 0.3) is 0 Å². The van der Waals surface area contributed by atoms with Crippen LogP contribution in [0.1, 0.15) is 26.3 Å². The summed E-state index contributed by atoms with van der Waals surface area (Å²) < 4.78 is 29.0. The minimum Gasteiger partial charge on any atom is -0.497 e. The Bertz CT molecular complexity index is 1050. The summed E-state index contributed by atoms with van der Waals surface area (Å²) in [6, 6.07) is 14.4. The van der Waals surface area contributed by atoms with Crippen molar-refractivity contribution in [3.8, 4) is 5.75 Å². The zero-order valence-electron chi connectivity index (χ0n) is 19.5. The highest BCUT2D eigenvalue weighted by Crippen LogP contribution is 2.23. The molecule has 3 rings (SSSR count). The van der Waals surface area contributed by atoms with Gasteiger partial charge >= 0.3 is 12.1 Å². The van der Waals surface area contributed by atoms with E-state index in [9.17, 15) is 18.6 Å². The molecule has 3 atom stereocenters. The molecule has 2 aromatic rings. The van der Waals surface area contributed by atoms with Gasteiger partial charge in [-0.1, -0.05) is 30.3 Å². The van der Waals surface area contributed by atoms with Gasteiger partial charge in [0.25, 0.3) is 0 Å². The predicted octanol–water partition coefficient (Wildman–Crippen LogP) is 2.61. The normalized spacial score (nSPS) is 17.2. The van der Waals surface area contributed by atoms with Crippen LogP contribution in [0.5, 0.6) is 5.75 Å². The third kappa shape index (κ3) is 6.34. The van der Waals surface area contributed by atoms with Gasteiger partial charge in [0.15, 0.2) is 0 Å². The number of methoxy groups -OCH3 is 1. The molecular formula is C24H28N2O7S. The van der Waals surface area contributed by atoms with E-state index in [-0.39, 0.29) is 13.2 Å². The molecular weight excluding hydrogens is 460 g/mol. The Labute approximate surface area is 200 Å². The molecule has 34 heavy (non-hydrogen) atoms. The Morgan fingerprint density at radius 1 is 1.12 bits per heavy atom. The fraction of sp³-hybridized carbons (Fsp3) is 0.375. The van der Waals surface area contributed by atoms with E-state index >= 15 is 0 Å². The second-order valence-electron chi connectivity index (χ2n) is 8.61. The zero-order chi connectivity index (χ0) is 24.9. The van der Waals surface area contributed by atoms with Crippen LogP contribution in [-0.2, 0) is 36.5 Å². The van der Waals surface area contributed by atoms with Crippen LogP contribution in [0.4, 0.5) is 4.79 Å². The first-order chi connectivity index (χ1) is 16.1. The number of nitrogens with one attached hydrogen (secondary N) is 1. The molecule has 0 aliphatic carbocycles. The van der Waals surface area contributed by atoms with E-state index in [0.717, 1.165) is 4.90 Å². The Morgan fingerprint density at radius 3 is 2.32 bits per heavy atom. The summed E-state index contributed by atoms with van der Waals surface area (Å²) in [5.74, 6) is -0.684. The van der Waals surface area contributed by atoms with Crippen molar-refractivity contribution in [2.24, 2.45) is 0 Å². The maximum atomic E-state index is 13.3. The molecule has 1 saturated heterocycles. The first-order valence-corrected chi connectivity index (χ1v) is 11.9. The van der Waals surface area contributed by atoms with E-state index in [0.29, 0.717) is 16.2 Å². The van der Waals surface area contributed by atoms with Crippen LogP contribution in [0, 0.1) is 0 Å². The lowest BCUT2D eigenvalue weighted by Crippen LogP contribution is -2.68. The fourth-order valence-corrected chi connectivity index (χ4v) is 4.53. The fourth-order valence-electron chi connectivity index (χ4n) is 3.18. The summed E-state index contributed by atoms with van der Waals surface area (Å²) in [5, 5.41) is 1.12. The maximum Gasteiger partial charge on any atom is 0.408 e. The molecule has 10 heteroatoms. The number of benzene rings is 2. The molecule has 1 N–H and O–H groups in total. The number of ether oxygens (including phenoxy) is 3. The van der Waals surface area contributed by atoms with Crippen LogP contribution in [0.15, 0.2) is 59.5 Å². The average molecular weight is 489 g/mol. The molecule has 2 aromatic carbocycles. The number of hydrogen-bond donors (Lipinski definition) is 1. The van der Waals surface area contributed by atoms with Gasteiger partial charge in [-0.2, -0.15) is 0 Å². The topological polar surface area (TPSA) is 111 Å². The van der Waals surface area contributed by atoms with E-state index in [2.05, 4.69) is 5.32 Å². The predicted molar refractivity (Wildman–Crippen MR) is 124 cm³/mol. The summed E-state index contributed by atoms with van der Waals surface area (Å²) in [7, 11) is -0.341. The van der Waals surface area contributed by atoms with Gasteiger partial charge in [0.1, 0.15) is 24.0 Å². The molecule has 1 fully saturated rings. The summed E-state index contributed by atoms with van der Waals surface area (Å²) in [6.07, 6.45) is -0.742. The number of alkyl carbamates (subject to hydrolysis) is 1. The van der Waals surface area contributed by atoms with Gasteiger partial charge in [-0.15, -0.1) is 0 Å². The lowest BCUT2D eigenvalue weighted by atomic mass is 10.1. The number of hydrogen-bond acceptors (Lipinski definition) is 7. The summed E-state index contributed by atoms with van der Waals surface area (Å²) in [5.41, 5.74) is -0.0168. The molecule has 0 saturated carbocycles. The van der Waals surface area contributed by atoms with Crippen molar-refractivity contribution in [3.63, 3.8) is 0 Å². The van der Waals surface area contributed by atoms with Crippen LogP contribution in [0.2, 0.25) is 0 Å². The standard InChI is InChI=1S/C24H28N2O7S/c1-24(2,3)33-23(29)25-19-14-26(20(19)27)21(34(30)18-8-6-5-7-9-18)22(28)32-15-16-10-12-17(31-4)13-11-16/h5-13,19,21H,14-15H2,1-4H3,(H,25,29)/t19-,21?,34?/m0/s1. The van der Waals surface area contributed by atoms with Gasteiger partial charge in [-0.05, 0) is 50.6 Å². The molecule has 0 bridgehead atoms. The highest BCUT2D eigenvalue weighted by Gasteiger charge is 2.48. The highest BCUT2D eigenvalue weighted by molar-refractivity contribution is 7.86. The second kappa shape index (κ2) is 10.7. The third-order valence-electron chi connectivity index (χ3n) is 4.85. The van der Waals surface area contributed by atoms with Crippen molar-refractivity contribution in [1.82, 2.24) is 10.2 Å². The number of esters is 1. The molecule has 2 amide bonds. The van der Waals surface area contributed by atoms with Crippen molar-refractivity contribution < 1.29 is 32.8 Å². The van der Waals surface area contributed by atoms with Crippen molar-refractivity contribution >= 4 is 28.8 Å². The Kier molecular flexibility index (Phi) is 7.93. The lowest BCUT2D eigenvalue weighted by Gasteiger charge is -2.41. The first kappa shape index (κ1) is 25.2. The molecule has 9 nitrogen and oxygen atoms in total. The van der Waals surface area contributed by atoms with Crippen molar-refractivity contribution in [2.75, 3.05) is 13.7 Å². The lowest BCUT2D eigenvalue weighted by molar-refractivity contribution is -0.158. The number of likely N-dealkylation sites (tertiary alicyclic amines) is 1. The largest absolute Gasteiger partial charge is 0.497 e. The molecule has 2 unspecified atom stereocenters. The molecule has 1 aliphatic rings. The number of carbonyl (C=O) groups excluding carboxylic acids is 3. The molecule has 0 spiro atoms. The van der Waals surface area contributed by atoms with Crippen LogP contribution in [0.3, 0.4) is 0 Å². The number of carbonyl (C=O) groups is 3. The number of β-lactam (4-membered cyclic amide) rings is 1. The molecule has 0 aromatic heterocycles. The minimum absolute atomic E-state index is 0.00104. The Morgan fingerprint density at radius 2 is 1.76 bits per heavy atom. The summed E-state index contributed by atoms with van der Waals surface area (Å²) >= 11 is 0. The number of rotatable bonds is 8. The smallest absolute Gasteiger partial charge is 0.408 e. The maximum absolute atomic E-state index is 13.3. The van der Waals surface area contributed by atoms with Crippen molar-refractivity contribution in [2.45, 2.75) is 49.3 Å². The Balaban J connectivity index is 1.71. The average Bonchev–Trinajstić information content (AvgIpc) is 2.81. The summed E-state index contributed by atoms with van der Waals surface area (Å²) in [4.78, 5) is 39.3. The van der Waals surface area contributed by atoms with Crippen molar-refractivity contribution in [1.29, 1.82) is 0 Å². The number of nitrogens with zero attached hydrogens (tertiary/aromatic N) is 1. The number of amides is 2. The van der Waals surface area contributed by atoms with E-state index in [1.165, 1.54) is 0 Å². The van der Waals surface area contributed by atoms with Gasteiger partial charge in [0, 0.05) is 4.90 Å². The monoisotopic (exact) mass is 488 g/mol. The van der Waals surface area contributed by atoms with Crippen LogP contribution >= 0.6 is 0 Å². The van der Waals surface area contributed by atoms with Crippen LogP contribution in [-0.4, -0.2) is 57.7 Å². The quantitative estimate of drug-likeness (QED) is 0.449. The van der Waals surface area contributed by atoms with Gasteiger partial charge in [-0.25, -0.2) is 9.59 Å². The SMILES string of the molecule is COc1ccc(COC(=O)C(N2C[C@H](NC(=O)OC(C)(C)C)C2=O)S(=O)c2ccccc2)cc1. The third-order valence-corrected chi connectivity index (χ3v) is 6.44.